The molecule has 1 aromatic carbocycles. The van der Waals surface area contributed by atoms with Crippen molar-refractivity contribution >= 4 is 45.5 Å². The summed E-state index contributed by atoms with van der Waals surface area (Å²) in [6.45, 7) is 0. The van der Waals surface area contributed by atoms with E-state index in [-0.39, 0.29) is 16.1 Å². The van der Waals surface area contributed by atoms with Gasteiger partial charge in [-0.05, 0) is 12.1 Å². The number of halogens is 2. The van der Waals surface area contributed by atoms with E-state index in [0.29, 0.717) is 5.56 Å². The third-order valence-corrected chi connectivity index (χ3v) is 1.19. The van der Waals surface area contributed by atoms with Crippen molar-refractivity contribution in [3.05, 3.63) is 35.9 Å². The van der Waals surface area contributed by atoms with E-state index in [0.717, 1.165) is 0 Å². The van der Waals surface area contributed by atoms with Crippen LogP contribution in [0, 0.1) is 0 Å². The molecule has 2 nitrogen and oxygen atoms in total. The van der Waals surface area contributed by atoms with Crippen LogP contribution in [0.25, 0.3) is 0 Å². The summed E-state index contributed by atoms with van der Waals surface area (Å²) in [4.78, 5) is 10.8. The van der Waals surface area contributed by atoms with Crippen molar-refractivity contribution in [1.29, 1.82) is 0 Å². The van der Waals surface area contributed by atoms with Gasteiger partial charge in [0.2, 0.25) is 0 Å². The van der Waals surface area contributed by atoms with Gasteiger partial charge in [0.1, 0.15) is 0 Å². The maximum absolute atomic E-state index is 10.8. The number of benzene rings is 1. The maximum atomic E-state index is 10.8. The number of carbonyl (C=O) groups excluding carboxylic acids is 1. The van der Waals surface area contributed by atoms with Crippen LogP contribution in [0.4, 0.5) is 0 Å². The Kier molecular flexibility index (Phi) is 9.89. The molecule has 0 heterocycles. The summed E-state index contributed by atoms with van der Waals surface area (Å²) in [6.07, 6.45) is 0. The molecule has 1 rings (SSSR count). The third kappa shape index (κ3) is 6.79. The van der Waals surface area contributed by atoms with Gasteiger partial charge in [0.25, 0.3) is 0 Å². The molecule has 0 aromatic heterocycles. The van der Waals surface area contributed by atoms with Crippen molar-refractivity contribution < 1.29 is 19.6 Å². The van der Waals surface area contributed by atoms with E-state index in [1.54, 1.807) is 24.3 Å². The number of hydrogen-bond donors (Lipinski definition) is 0. The molecule has 0 aliphatic carbocycles. The van der Waals surface area contributed by atoms with Crippen molar-refractivity contribution in [2.24, 2.45) is 0 Å². The second-order valence-electron chi connectivity index (χ2n) is 1.96. The summed E-state index contributed by atoms with van der Waals surface area (Å²) < 4.78 is 4.50. The molecule has 0 aliphatic rings. The van der Waals surface area contributed by atoms with Crippen LogP contribution in [-0.2, 0) is 14.8 Å². The first-order valence-corrected chi connectivity index (χ1v) is 21.6. The Morgan fingerprint density at radius 2 is 1.77 bits per heavy atom. The summed E-state index contributed by atoms with van der Waals surface area (Å²) in [5.74, 6) is -0.291. The zero-order valence-corrected chi connectivity index (χ0v) is 14.4. The van der Waals surface area contributed by atoms with E-state index in [1.807, 2.05) is 6.07 Å². The molecule has 0 atom stereocenters. The first-order valence-electron chi connectivity index (χ1n) is 3.51. The summed E-state index contributed by atoms with van der Waals surface area (Å²) >= 11 is 4.93. The molecule has 0 aliphatic heterocycles. The van der Waals surface area contributed by atoms with Gasteiger partial charge < -0.3 is 4.74 Å². The predicted octanol–water partition coefficient (Wildman–Crippen LogP) is 3.24. The minimum atomic E-state index is -0.291. The third-order valence-electron chi connectivity index (χ3n) is 1.19. The molecule has 0 saturated heterocycles. The van der Waals surface area contributed by atoms with E-state index >= 15 is 0 Å². The zero-order chi connectivity index (χ0) is 10.1. The number of rotatable bonds is 1. The van der Waals surface area contributed by atoms with E-state index in [9.17, 15) is 4.79 Å². The fraction of sp³-hybridized carbons (Fsp3) is 0.125. The molecule has 13 heavy (non-hydrogen) atoms. The van der Waals surface area contributed by atoms with Gasteiger partial charge in [0.05, 0.1) is 12.7 Å². The molecular formula is C8H8I2O2Zn. The van der Waals surface area contributed by atoms with Gasteiger partial charge in [0, 0.05) is 0 Å². The number of carbonyl (C=O) groups is 1. The zero-order valence-electron chi connectivity index (χ0n) is 7.17. The Morgan fingerprint density at radius 1 is 1.31 bits per heavy atom. The standard InChI is InChI=1S/C8H8O2.2HI.Zn/c1-10-8(9)7-5-3-2-4-6-7;;;/h2-6H,1H3;2*1H;/q;;;+2/p-2. The van der Waals surface area contributed by atoms with Crippen LogP contribution in [0.1, 0.15) is 10.4 Å². The molecule has 0 unspecified atom stereocenters. The molecule has 0 fully saturated rings. The van der Waals surface area contributed by atoms with Crippen LogP contribution in [-0.4, -0.2) is 13.1 Å². The fourth-order valence-corrected chi connectivity index (χ4v) is 0.692. The van der Waals surface area contributed by atoms with E-state index < -0.39 is 0 Å². The normalized spacial score (nSPS) is 7.62. The van der Waals surface area contributed by atoms with Crippen LogP contribution >= 0.6 is 39.5 Å². The van der Waals surface area contributed by atoms with Gasteiger partial charge in [0.15, 0.2) is 0 Å². The summed E-state index contributed by atoms with van der Waals surface area (Å²) in [5, 5.41) is 0. The van der Waals surface area contributed by atoms with Crippen LogP contribution in [0.15, 0.2) is 30.3 Å². The van der Waals surface area contributed by atoms with Gasteiger partial charge in [-0.2, -0.15) is 0 Å². The molecule has 5 heteroatoms. The Labute approximate surface area is 107 Å². The van der Waals surface area contributed by atoms with Gasteiger partial charge in [-0.1, -0.05) is 18.2 Å². The number of esters is 1. The van der Waals surface area contributed by atoms with Crippen LogP contribution in [0.3, 0.4) is 0 Å². The first-order chi connectivity index (χ1) is 6.26. The number of hydrogen-bond acceptors (Lipinski definition) is 2. The monoisotopic (exact) mass is 454 g/mol. The van der Waals surface area contributed by atoms with Crippen LogP contribution in [0.2, 0.25) is 0 Å². The van der Waals surface area contributed by atoms with Gasteiger partial charge >= 0.3 is 55.6 Å². The molecule has 0 bridgehead atoms. The second-order valence-corrected chi connectivity index (χ2v) is 25.5. The fourth-order valence-electron chi connectivity index (χ4n) is 0.692. The average molecular weight is 455 g/mol. The molecular weight excluding hydrogens is 447 g/mol. The Balaban J connectivity index is 0.000000424. The van der Waals surface area contributed by atoms with Gasteiger partial charge in [-0.15, -0.1) is 0 Å². The van der Waals surface area contributed by atoms with Crippen LogP contribution < -0.4 is 0 Å². The van der Waals surface area contributed by atoms with E-state index in [2.05, 4.69) is 44.2 Å². The predicted molar refractivity (Wildman–Crippen MR) is 65.8 cm³/mol. The Bertz CT molecular complexity index is 241. The Hall–Kier alpha value is 0.773. The first kappa shape index (κ1) is 13.8. The van der Waals surface area contributed by atoms with Gasteiger partial charge in [-0.3, -0.25) is 0 Å². The topological polar surface area (TPSA) is 26.3 Å². The second kappa shape index (κ2) is 9.33. The van der Waals surface area contributed by atoms with Crippen molar-refractivity contribution in [2.45, 2.75) is 0 Å². The quantitative estimate of drug-likeness (QED) is 0.369. The summed E-state index contributed by atoms with van der Waals surface area (Å²) in [7, 11) is 1.44. The van der Waals surface area contributed by atoms with E-state index in [4.69, 9.17) is 0 Å². The molecule has 68 valence electrons. The average Bonchev–Trinajstić information content (AvgIpc) is 2.19. The SMILES string of the molecule is COC(=O)c1ccccc1.[I][Zn][I]. The molecule has 1 aromatic rings. The molecule has 0 spiro atoms. The summed E-state index contributed by atoms with van der Waals surface area (Å²) in [6, 6.07) is 8.88. The van der Waals surface area contributed by atoms with E-state index in [1.165, 1.54) is 7.11 Å². The van der Waals surface area contributed by atoms with Gasteiger partial charge in [-0.25, -0.2) is 4.79 Å². The molecule has 0 N–H and O–H groups in total. The molecule has 0 amide bonds. The summed E-state index contributed by atoms with van der Waals surface area (Å²) in [5.41, 5.74) is 0.588. The van der Waals surface area contributed by atoms with Crippen molar-refractivity contribution in [1.82, 2.24) is 0 Å². The Morgan fingerprint density at radius 3 is 2.15 bits per heavy atom. The number of ether oxygens (including phenoxy) is 1. The minimum absolute atomic E-state index is 0.0650. The van der Waals surface area contributed by atoms with Crippen molar-refractivity contribution in [3.63, 3.8) is 0 Å². The van der Waals surface area contributed by atoms with Crippen molar-refractivity contribution in [2.75, 3.05) is 7.11 Å². The molecule has 0 saturated carbocycles. The molecule has 0 radical (unpaired) electrons. The number of methoxy groups -OCH3 is 1. The van der Waals surface area contributed by atoms with Crippen molar-refractivity contribution in [3.8, 4) is 0 Å². The van der Waals surface area contributed by atoms with Crippen LogP contribution in [0.5, 0.6) is 0 Å².